The van der Waals surface area contributed by atoms with Crippen molar-refractivity contribution in [2.45, 2.75) is 12.3 Å². The summed E-state index contributed by atoms with van der Waals surface area (Å²) in [5.41, 5.74) is 5.21. The van der Waals surface area contributed by atoms with E-state index in [9.17, 15) is 8.78 Å². The van der Waals surface area contributed by atoms with E-state index in [4.69, 9.17) is 5.73 Å². The van der Waals surface area contributed by atoms with Gasteiger partial charge in [0.1, 0.15) is 12.3 Å². The van der Waals surface area contributed by atoms with E-state index >= 15 is 0 Å². The number of halogens is 2. The zero-order valence-electron chi connectivity index (χ0n) is 5.76. The van der Waals surface area contributed by atoms with Crippen molar-refractivity contribution in [1.82, 2.24) is 4.90 Å². The fraction of sp³-hybridized carbons (Fsp3) is 1.00. The van der Waals surface area contributed by atoms with Crippen molar-refractivity contribution in [2.75, 3.05) is 26.2 Å². The van der Waals surface area contributed by atoms with Gasteiger partial charge in [0.25, 0.3) is 0 Å². The monoisotopic (exact) mass is 150 g/mol. The van der Waals surface area contributed by atoms with Gasteiger partial charge in [0.2, 0.25) is 0 Å². The fourth-order valence-electron chi connectivity index (χ4n) is 1.16. The molecule has 0 bridgehead atoms. The molecule has 2 N–H and O–H groups in total. The SMILES string of the molecule is NCCN1C[C@H](F)[C@@H](F)C1. The van der Waals surface area contributed by atoms with Gasteiger partial charge in [0.15, 0.2) is 0 Å². The molecule has 1 heterocycles. The van der Waals surface area contributed by atoms with Gasteiger partial charge in [0, 0.05) is 26.2 Å². The standard InChI is InChI=1S/C6H12F2N2/c7-5-3-10(2-1-9)4-6(5)8/h5-6H,1-4,9H2/t5-,6-/m0/s1. The zero-order chi connectivity index (χ0) is 7.56. The Balaban J connectivity index is 2.27. The van der Waals surface area contributed by atoms with E-state index in [1.165, 1.54) is 0 Å². The summed E-state index contributed by atoms with van der Waals surface area (Å²) in [7, 11) is 0. The first-order valence-electron chi connectivity index (χ1n) is 3.44. The lowest BCUT2D eigenvalue weighted by molar-refractivity contribution is 0.217. The molecule has 2 nitrogen and oxygen atoms in total. The van der Waals surface area contributed by atoms with E-state index in [2.05, 4.69) is 0 Å². The van der Waals surface area contributed by atoms with Gasteiger partial charge in [0.05, 0.1) is 0 Å². The van der Waals surface area contributed by atoms with Gasteiger partial charge in [-0.15, -0.1) is 0 Å². The van der Waals surface area contributed by atoms with Gasteiger partial charge in [-0.2, -0.15) is 0 Å². The highest BCUT2D eigenvalue weighted by molar-refractivity contribution is 4.83. The van der Waals surface area contributed by atoms with E-state index in [1.807, 2.05) is 0 Å². The lowest BCUT2D eigenvalue weighted by atomic mass is 10.3. The number of hydrogen-bond donors (Lipinski definition) is 1. The second-order valence-corrected chi connectivity index (χ2v) is 2.58. The molecule has 0 spiro atoms. The molecule has 0 aromatic heterocycles. The quantitative estimate of drug-likeness (QED) is 0.597. The highest BCUT2D eigenvalue weighted by Gasteiger charge is 2.31. The zero-order valence-corrected chi connectivity index (χ0v) is 5.76. The van der Waals surface area contributed by atoms with Crippen molar-refractivity contribution in [3.63, 3.8) is 0 Å². The Morgan fingerprint density at radius 1 is 1.30 bits per heavy atom. The molecule has 4 heteroatoms. The highest BCUT2D eigenvalue weighted by Crippen LogP contribution is 2.15. The first-order chi connectivity index (χ1) is 4.74. The molecule has 1 rings (SSSR count). The molecule has 0 aromatic carbocycles. The third kappa shape index (κ3) is 1.64. The van der Waals surface area contributed by atoms with Crippen molar-refractivity contribution >= 4 is 0 Å². The van der Waals surface area contributed by atoms with Crippen LogP contribution in [0.3, 0.4) is 0 Å². The summed E-state index contributed by atoms with van der Waals surface area (Å²) in [6.45, 7) is 1.48. The second-order valence-electron chi connectivity index (χ2n) is 2.58. The van der Waals surface area contributed by atoms with Crippen LogP contribution in [0.1, 0.15) is 0 Å². The Kier molecular flexibility index (Phi) is 2.56. The van der Waals surface area contributed by atoms with Crippen molar-refractivity contribution in [1.29, 1.82) is 0 Å². The third-order valence-corrected chi connectivity index (χ3v) is 1.70. The Labute approximate surface area is 59.0 Å². The summed E-state index contributed by atoms with van der Waals surface area (Å²) in [5, 5.41) is 0. The normalized spacial score (nSPS) is 35.1. The summed E-state index contributed by atoms with van der Waals surface area (Å²) in [5.74, 6) is 0. The smallest absolute Gasteiger partial charge is 0.145 e. The number of nitrogens with two attached hydrogens (primary N) is 1. The van der Waals surface area contributed by atoms with Crippen LogP contribution in [0.2, 0.25) is 0 Å². The predicted molar refractivity (Wildman–Crippen MR) is 35.3 cm³/mol. The largest absolute Gasteiger partial charge is 0.329 e. The molecule has 0 radical (unpaired) electrons. The Bertz CT molecular complexity index is 99.9. The van der Waals surface area contributed by atoms with Crippen molar-refractivity contribution in [3.05, 3.63) is 0 Å². The summed E-state index contributed by atoms with van der Waals surface area (Å²) in [6.07, 6.45) is -2.60. The molecule has 0 unspecified atom stereocenters. The number of nitrogens with zero attached hydrogens (tertiary/aromatic N) is 1. The van der Waals surface area contributed by atoms with Gasteiger partial charge in [-0.25, -0.2) is 8.78 Å². The van der Waals surface area contributed by atoms with E-state index in [1.54, 1.807) is 4.90 Å². The van der Waals surface area contributed by atoms with Crippen molar-refractivity contribution in [2.24, 2.45) is 5.73 Å². The van der Waals surface area contributed by atoms with E-state index in [-0.39, 0.29) is 13.1 Å². The molecule has 0 aliphatic carbocycles. The van der Waals surface area contributed by atoms with Gasteiger partial charge in [-0.05, 0) is 0 Å². The van der Waals surface area contributed by atoms with Gasteiger partial charge < -0.3 is 5.73 Å². The van der Waals surface area contributed by atoms with Crippen LogP contribution in [0.15, 0.2) is 0 Å². The van der Waals surface area contributed by atoms with E-state index in [0.29, 0.717) is 13.1 Å². The molecule has 1 saturated heterocycles. The maximum atomic E-state index is 12.4. The van der Waals surface area contributed by atoms with Gasteiger partial charge in [-0.3, -0.25) is 4.90 Å². The van der Waals surface area contributed by atoms with Crippen LogP contribution < -0.4 is 5.73 Å². The van der Waals surface area contributed by atoms with Crippen LogP contribution in [-0.2, 0) is 0 Å². The summed E-state index contributed by atoms with van der Waals surface area (Å²) in [4.78, 5) is 1.70. The molecule has 0 amide bonds. The molecule has 1 fully saturated rings. The van der Waals surface area contributed by atoms with E-state index < -0.39 is 12.3 Å². The first-order valence-corrected chi connectivity index (χ1v) is 3.44. The molecule has 2 atom stereocenters. The second kappa shape index (κ2) is 3.25. The Morgan fingerprint density at radius 3 is 2.20 bits per heavy atom. The summed E-state index contributed by atoms with van der Waals surface area (Å²) in [6, 6.07) is 0. The number of alkyl halides is 2. The van der Waals surface area contributed by atoms with Crippen molar-refractivity contribution in [3.8, 4) is 0 Å². The minimum absolute atomic E-state index is 0.207. The van der Waals surface area contributed by atoms with Gasteiger partial charge >= 0.3 is 0 Å². The minimum atomic E-state index is -1.30. The molecule has 60 valence electrons. The van der Waals surface area contributed by atoms with Gasteiger partial charge in [-0.1, -0.05) is 0 Å². The molecule has 1 aliphatic heterocycles. The topological polar surface area (TPSA) is 29.3 Å². The highest BCUT2D eigenvalue weighted by atomic mass is 19.2. The fourth-order valence-corrected chi connectivity index (χ4v) is 1.16. The molecular weight excluding hydrogens is 138 g/mol. The number of rotatable bonds is 2. The maximum absolute atomic E-state index is 12.4. The summed E-state index contributed by atoms with van der Waals surface area (Å²) < 4.78 is 24.9. The molecule has 0 saturated carbocycles. The van der Waals surface area contributed by atoms with Crippen LogP contribution in [0.5, 0.6) is 0 Å². The maximum Gasteiger partial charge on any atom is 0.145 e. The lowest BCUT2D eigenvalue weighted by Gasteiger charge is -2.10. The Hall–Kier alpha value is -0.220. The first kappa shape index (κ1) is 7.88. The molecule has 10 heavy (non-hydrogen) atoms. The van der Waals surface area contributed by atoms with Crippen LogP contribution in [-0.4, -0.2) is 43.4 Å². The predicted octanol–water partition coefficient (Wildman–Crippen LogP) is -0.0631. The third-order valence-electron chi connectivity index (χ3n) is 1.70. The average Bonchev–Trinajstić information content (AvgIpc) is 2.14. The van der Waals surface area contributed by atoms with Crippen LogP contribution in [0.4, 0.5) is 8.78 Å². The van der Waals surface area contributed by atoms with Crippen LogP contribution in [0, 0.1) is 0 Å². The average molecular weight is 150 g/mol. The summed E-state index contributed by atoms with van der Waals surface area (Å²) >= 11 is 0. The van der Waals surface area contributed by atoms with Crippen LogP contribution in [0.25, 0.3) is 0 Å². The lowest BCUT2D eigenvalue weighted by Crippen LogP contribution is -2.27. The molecular formula is C6H12F2N2. The molecule has 0 aromatic rings. The van der Waals surface area contributed by atoms with Crippen LogP contribution >= 0.6 is 0 Å². The Morgan fingerprint density at radius 2 is 1.80 bits per heavy atom. The van der Waals surface area contributed by atoms with Crippen molar-refractivity contribution < 1.29 is 8.78 Å². The number of likely N-dealkylation sites (tertiary alicyclic amines) is 1. The number of hydrogen-bond acceptors (Lipinski definition) is 2. The molecule has 1 aliphatic rings. The van der Waals surface area contributed by atoms with E-state index in [0.717, 1.165) is 0 Å². The minimum Gasteiger partial charge on any atom is -0.329 e.